The summed E-state index contributed by atoms with van der Waals surface area (Å²) < 4.78 is 20.5. The summed E-state index contributed by atoms with van der Waals surface area (Å²) in [6.45, 7) is 0.367. The minimum Gasteiger partial charge on any atom is -0.488 e. The van der Waals surface area contributed by atoms with Crippen LogP contribution in [0.1, 0.15) is 33.9 Å². The van der Waals surface area contributed by atoms with Gasteiger partial charge in [0, 0.05) is 32.6 Å². The number of ketones is 1. The van der Waals surface area contributed by atoms with Crippen molar-refractivity contribution in [3.05, 3.63) is 141 Å². The summed E-state index contributed by atoms with van der Waals surface area (Å²) in [6.07, 6.45) is 1.88. The monoisotopic (exact) mass is 587 g/mol. The molecule has 0 saturated carbocycles. The lowest BCUT2D eigenvalue weighted by molar-refractivity contribution is 0.0995. The zero-order chi connectivity index (χ0) is 26.5. The van der Waals surface area contributed by atoms with Gasteiger partial charge < -0.3 is 4.74 Å². The summed E-state index contributed by atoms with van der Waals surface area (Å²) in [5, 5.41) is -0.140. The molecule has 5 rings (SSSR count). The lowest BCUT2D eigenvalue weighted by Crippen LogP contribution is -2.26. The second-order valence-electron chi connectivity index (χ2n) is 8.67. The molecular weight excluding hydrogens is 565 g/mol. The van der Waals surface area contributed by atoms with Gasteiger partial charge in [0.05, 0.1) is 6.04 Å². The Balaban J connectivity index is 1.52. The van der Waals surface area contributed by atoms with E-state index in [0.29, 0.717) is 17.9 Å². The zero-order valence-electron chi connectivity index (χ0n) is 20.2. The molecule has 0 aliphatic carbocycles. The van der Waals surface area contributed by atoms with E-state index in [1.807, 2.05) is 78.9 Å². The van der Waals surface area contributed by atoms with Crippen LogP contribution in [0.5, 0.6) is 5.75 Å². The van der Waals surface area contributed by atoms with Crippen molar-refractivity contribution in [3.63, 3.8) is 0 Å². The zero-order valence-corrected chi connectivity index (χ0v) is 22.6. The Labute approximate surface area is 233 Å². The first-order chi connectivity index (χ1) is 18.5. The molecule has 1 amide bonds. The van der Waals surface area contributed by atoms with Crippen molar-refractivity contribution in [2.24, 2.45) is 0 Å². The van der Waals surface area contributed by atoms with E-state index in [1.165, 1.54) is 24.3 Å². The maximum absolute atomic E-state index is 13.3. The SMILES string of the molecule is O=C(CC=C1SC(=O)N(c2ccccc2)[C@@H]1c1ccc(Br)cc1OCc1ccccc1)c1ccc(F)cc1. The molecular formula is C31H23BrFNO3S. The number of carbonyl (C=O) groups is 2. The molecule has 0 unspecified atom stereocenters. The van der Waals surface area contributed by atoms with Crippen molar-refractivity contribution in [1.29, 1.82) is 0 Å². The highest BCUT2D eigenvalue weighted by Gasteiger charge is 2.40. The fourth-order valence-electron chi connectivity index (χ4n) is 4.27. The average molecular weight is 588 g/mol. The number of nitrogens with zero attached hydrogens (tertiary/aromatic N) is 1. The standard InChI is InChI=1S/C31H23BrFNO3S/c32-23-13-16-26(28(19-23)37-20-21-7-3-1-4-8-21)30-29(18-17-27(35)22-11-14-24(33)15-12-22)38-31(36)34(30)25-9-5-2-6-10-25/h1-16,18-19,30H,17,20H2/t30-/m1/s1. The molecule has 0 spiro atoms. The number of Topliss-reactive ketones (excluding diaryl/α,β-unsaturated/α-hetero) is 1. The first-order valence-corrected chi connectivity index (χ1v) is 13.6. The molecule has 4 aromatic rings. The number of anilines is 1. The highest BCUT2D eigenvalue weighted by atomic mass is 79.9. The van der Waals surface area contributed by atoms with Gasteiger partial charge in [0.15, 0.2) is 5.78 Å². The van der Waals surface area contributed by atoms with Crippen molar-refractivity contribution in [2.75, 3.05) is 4.90 Å². The van der Waals surface area contributed by atoms with Gasteiger partial charge in [0.2, 0.25) is 0 Å². The summed E-state index contributed by atoms with van der Waals surface area (Å²) in [7, 11) is 0. The number of para-hydroxylation sites is 1. The van der Waals surface area contributed by atoms with E-state index in [0.717, 1.165) is 38.0 Å². The minimum atomic E-state index is -0.477. The Kier molecular flexibility index (Phi) is 8.05. The van der Waals surface area contributed by atoms with E-state index < -0.39 is 11.9 Å². The van der Waals surface area contributed by atoms with Gasteiger partial charge in [-0.15, -0.1) is 0 Å². The first-order valence-electron chi connectivity index (χ1n) is 12.0. The molecule has 0 bridgehead atoms. The number of halogens is 2. The third-order valence-electron chi connectivity index (χ3n) is 6.13. The highest BCUT2D eigenvalue weighted by Crippen LogP contribution is 2.50. The van der Waals surface area contributed by atoms with Crippen LogP contribution in [0, 0.1) is 5.82 Å². The summed E-state index contributed by atoms with van der Waals surface area (Å²) in [5.74, 6) is 0.0905. The van der Waals surface area contributed by atoms with E-state index >= 15 is 0 Å². The summed E-state index contributed by atoms with van der Waals surface area (Å²) in [5.41, 5.74) is 3.01. The molecule has 1 aliphatic rings. The van der Waals surface area contributed by atoms with Crippen LogP contribution < -0.4 is 9.64 Å². The van der Waals surface area contributed by atoms with Crippen LogP contribution in [-0.4, -0.2) is 11.0 Å². The fourth-order valence-corrected chi connectivity index (χ4v) is 5.63. The Morgan fingerprint density at radius 3 is 2.34 bits per heavy atom. The van der Waals surface area contributed by atoms with Gasteiger partial charge in [0.1, 0.15) is 18.2 Å². The molecule has 1 fully saturated rings. The third-order valence-corrected chi connectivity index (χ3v) is 7.62. The second-order valence-corrected chi connectivity index (χ2v) is 10.6. The van der Waals surface area contributed by atoms with Gasteiger partial charge in [-0.25, -0.2) is 4.39 Å². The van der Waals surface area contributed by atoms with Crippen LogP contribution in [0.25, 0.3) is 0 Å². The number of thioether (sulfide) groups is 1. The van der Waals surface area contributed by atoms with Gasteiger partial charge in [-0.2, -0.15) is 0 Å². The minimum absolute atomic E-state index is 0.0805. The first kappa shape index (κ1) is 25.9. The molecule has 38 heavy (non-hydrogen) atoms. The average Bonchev–Trinajstić information content (AvgIpc) is 3.27. The van der Waals surface area contributed by atoms with E-state index in [4.69, 9.17) is 4.74 Å². The van der Waals surface area contributed by atoms with E-state index in [1.54, 1.807) is 11.0 Å². The van der Waals surface area contributed by atoms with Crippen molar-refractivity contribution in [3.8, 4) is 5.75 Å². The number of benzene rings is 4. The molecule has 0 N–H and O–H groups in total. The molecule has 1 saturated heterocycles. The second kappa shape index (κ2) is 11.8. The van der Waals surface area contributed by atoms with Gasteiger partial charge in [-0.3, -0.25) is 14.5 Å². The van der Waals surface area contributed by atoms with Crippen LogP contribution in [0.15, 0.2) is 119 Å². The van der Waals surface area contributed by atoms with Crippen LogP contribution >= 0.6 is 27.7 Å². The van der Waals surface area contributed by atoms with Crippen molar-refractivity contribution in [1.82, 2.24) is 0 Å². The number of rotatable bonds is 8. The maximum atomic E-state index is 13.3. The number of hydrogen-bond acceptors (Lipinski definition) is 4. The van der Waals surface area contributed by atoms with Crippen molar-refractivity contribution >= 4 is 44.4 Å². The Bertz CT molecular complexity index is 1480. The lowest BCUT2D eigenvalue weighted by Gasteiger charge is -2.27. The normalized spacial score (nSPS) is 16.2. The summed E-state index contributed by atoms with van der Waals surface area (Å²) >= 11 is 4.65. The number of allylic oxidation sites excluding steroid dienone is 1. The van der Waals surface area contributed by atoms with E-state index in [9.17, 15) is 14.0 Å². The van der Waals surface area contributed by atoms with Crippen molar-refractivity contribution < 1.29 is 18.7 Å². The molecule has 190 valence electrons. The fraction of sp³-hybridized carbons (Fsp3) is 0.0968. The predicted octanol–water partition coefficient (Wildman–Crippen LogP) is 8.74. The van der Waals surface area contributed by atoms with Crippen molar-refractivity contribution in [2.45, 2.75) is 19.1 Å². The van der Waals surface area contributed by atoms with E-state index in [-0.39, 0.29) is 17.4 Å². The van der Waals surface area contributed by atoms with Crippen LogP contribution in [0.4, 0.5) is 14.9 Å². The predicted molar refractivity (Wildman–Crippen MR) is 153 cm³/mol. The smallest absolute Gasteiger partial charge is 0.291 e. The number of amides is 1. The van der Waals surface area contributed by atoms with E-state index in [2.05, 4.69) is 15.9 Å². The Morgan fingerprint density at radius 2 is 1.63 bits per heavy atom. The molecule has 1 aliphatic heterocycles. The van der Waals surface area contributed by atoms with Gasteiger partial charge in [-0.1, -0.05) is 76.6 Å². The number of hydrogen-bond donors (Lipinski definition) is 0. The summed E-state index contributed by atoms with van der Waals surface area (Å²) in [4.78, 5) is 28.7. The quantitative estimate of drug-likeness (QED) is 0.193. The highest BCUT2D eigenvalue weighted by molar-refractivity contribution is 9.10. The lowest BCUT2D eigenvalue weighted by atomic mass is 10.0. The molecule has 4 nitrogen and oxygen atoms in total. The number of ether oxygens (including phenoxy) is 1. The van der Waals surface area contributed by atoms with Gasteiger partial charge in [0.25, 0.3) is 5.24 Å². The number of carbonyl (C=O) groups excluding carboxylic acids is 2. The molecule has 7 heteroatoms. The molecule has 0 aromatic heterocycles. The van der Waals surface area contributed by atoms with Gasteiger partial charge >= 0.3 is 0 Å². The maximum Gasteiger partial charge on any atom is 0.291 e. The largest absolute Gasteiger partial charge is 0.488 e. The van der Waals surface area contributed by atoms with Crippen LogP contribution in [-0.2, 0) is 6.61 Å². The topological polar surface area (TPSA) is 46.6 Å². The third kappa shape index (κ3) is 5.90. The molecule has 1 atom stereocenters. The van der Waals surface area contributed by atoms with Crippen LogP contribution in [0.3, 0.4) is 0 Å². The van der Waals surface area contributed by atoms with Gasteiger partial charge in [-0.05, 0) is 65.9 Å². The summed E-state index contributed by atoms with van der Waals surface area (Å²) in [6, 6.07) is 30.1. The Morgan fingerprint density at radius 1 is 0.947 bits per heavy atom. The van der Waals surface area contributed by atoms with Crippen LogP contribution in [0.2, 0.25) is 0 Å². The Hall–Kier alpha value is -3.68. The molecule has 0 radical (unpaired) electrons. The molecule has 1 heterocycles. The molecule has 4 aromatic carbocycles.